The first-order chi connectivity index (χ1) is 14.3. The second kappa shape index (κ2) is 7.20. The van der Waals surface area contributed by atoms with E-state index in [2.05, 4.69) is 10.5 Å². The van der Waals surface area contributed by atoms with Crippen LogP contribution < -0.4 is 14.8 Å². The Labute approximate surface area is 166 Å². The largest absolute Gasteiger partial charge is 0.454 e. The molecule has 0 saturated heterocycles. The van der Waals surface area contributed by atoms with Gasteiger partial charge in [-0.15, -0.1) is 0 Å². The van der Waals surface area contributed by atoms with Crippen molar-refractivity contribution in [3.05, 3.63) is 84.3 Å². The van der Waals surface area contributed by atoms with Crippen LogP contribution in [-0.2, 0) is 6.54 Å². The maximum absolute atomic E-state index is 12.4. The molecule has 0 fully saturated rings. The first-order valence-corrected chi connectivity index (χ1v) is 9.13. The number of hydrogen-bond acceptors (Lipinski definition) is 5. The van der Waals surface area contributed by atoms with E-state index in [4.69, 9.17) is 14.0 Å². The molecule has 3 heterocycles. The van der Waals surface area contributed by atoms with Gasteiger partial charge in [-0.1, -0.05) is 5.16 Å². The van der Waals surface area contributed by atoms with Crippen LogP contribution in [0.5, 0.6) is 11.5 Å². The van der Waals surface area contributed by atoms with E-state index < -0.39 is 0 Å². The van der Waals surface area contributed by atoms with Gasteiger partial charge in [-0.3, -0.25) is 4.79 Å². The average molecular weight is 387 g/mol. The number of amides is 1. The summed E-state index contributed by atoms with van der Waals surface area (Å²) in [7, 11) is 0. The van der Waals surface area contributed by atoms with Crippen molar-refractivity contribution < 1.29 is 18.8 Å². The molecule has 5 rings (SSSR count). The van der Waals surface area contributed by atoms with Gasteiger partial charge in [0.1, 0.15) is 5.69 Å². The van der Waals surface area contributed by atoms with E-state index >= 15 is 0 Å². The summed E-state index contributed by atoms with van der Waals surface area (Å²) in [6.07, 6.45) is 3.91. The van der Waals surface area contributed by atoms with E-state index in [0.29, 0.717) is 28.5 Å². The third-order valence-electron chi connectivity index (χ3n) is 4.68. The molecule has 0 atom stereocenters. The van der Waals surface area contributed by atoms with Crippen LogP contribution in [0.2, 0.25) is 0 Å². The zero-order chi connectivity index (χ0) is 19.6. The Kier molecular flexibility index (Phi) is 4.25. The molecular formula is C22H17N3O4. The van der Waals surface area contributed by atoms with Crippen molar-refractivity contribution in [3.63, 3.8) is 0 Å². The van der Waals surface area contributed by atoms with Crippen molar-refractivity contribution in [2.45, 2.75) is 6.54 Å². The molecule has 1 amide bonds. The molecule has 2 aromatic carbocycles. The number of carbonyl (C=O) groups is 1. The van der Waals surface area contributed by atoms with Crippen molar-refractivity contribution in [3.8, 4) is 28.5 Å². The summed E-state index contributed by atoms with van der Waals surface area (Å²) in [6, 6.07) is 18.7. The zero-order valence-electron chi connectivity index (χ0n) is 15.4. The van der Waals surface area contributed by atoms with Crippen LogP contribution in [0, 0.1) is 0 Å². The molecule has 0 unspecified atom stereocenters. The van der Waals surface area contributed by atoms with Crippen molar-refractivity contribution >= 4 is 5.91 Å². The van der Waals surface area contributed by atoms with Crippen molar-refractivity contribution in [2.24, 2.45) is 0 Å². The predicted octanol–water partition coefficient (Wildman–Crippen LogP) is 3.79. The summed E-state index contributed by atoms with van der Waals surface area (Å²) >= 11 is 0. The molecule has 0 bridgehead atoms. The fourth-order valence-corrected chi connectivity index (χ4v) is 3.15. The molecule has 1 aliphatic rings. The summed E-state index contributed by atoms with van der Waals surface area (Å²) in [5.41, 5.74) is 3.05. The first kappa shape index (κ1) is 17.1. The van der Waals surface area contributed by atoms with Gasteiger partial charge in [0, 0.05) is 35.3 Å². The lowest BCUT2D eigenvalue weighted by Gasteiger charge is -2.06. The molecule has 7 nitrogen and oxygen atoms in total. The van der Waals surface area contributed by atoms with Crippen molar-refractivity contribution in [1.29, 1.82) is 0 Å². The first-order valence-electron chi connectivity index (χ1n) is 9.13. The lowest BCUT2D eigenvalue weighted by molar-refractivity contribution is 0.0950. The summed E-state index contributed by atoms with van der Waals surface area (Å²) in [5, 5.41) is 6.90. The monoisotopic (exact) mass is 387 g/mol. The van der Waals surface area contributed by atoms with Gasteiger partial charge in [0.2, 0.25) is 6.79 Å². The molecule has 1 aliphatic heterocycles. The molecule has 0 radical (unpaired) electrons. The Bertz CT molecular complexity index is 1150. The van der Waals surface area contributed by atoms with Crippen LogP contribution in [0.3, 0.4) is 0 Å². The minimum atomic E-state index is -0.170. The smallest absolute Gasteiger partial charge is 0.251 e. The number of rotatable bonds is 5. The van der Waals surface area contributed by atoms with E-state index in [1.54, 1.807) is 18.2 Å². The molecule has 4 aromatic rings. The van der Waals surface area contributed by atoms with Crippen LogP contribution >= 0.6 is 0 Å². The Morgan fingerprint density at radius 1 is 1.00 bits per heavy atom. The maximum Gasteiger partial charge on any atom is 0.251 e. The van der Waals surface area contributed by atoms with E-state index in [1.807, 2.05) is 59.4 Å². The van der Waals surface area contributed by atoms with Crippen molar-refractivity contribution in [1.82, 2.24) is 15.0 Å². The van der Waals surface area contributed by atoms with Crippen LogP contribution in [0.15, 0.2) is 77.6 Å². The second-order valence-corrected chi connectivity index (χ2v) is 6.57. The highest BCUT2D eigenvalue weighted by Gasteiger charge is 2.16. The molecule has 1 N–H and O–H groups in total. The SMILES string of the molecule is O=C(NCc1cc(-c2ccc3c(c2)OCO3)on1)c1ccc(-n2cccc2)cc1. The van der Waals surface area contributed by atoms with E-state index in [0.717, 1.165) is 11.3 Å². The Balaban J connectivity index is 1.23. The Morgan fingerprint density at radius 2 is 1.79 bits per heavy atom. The molecule has 29 heavy (non-hydrogen) atoms. The van der Waals surface area contributed by atoms with Gasteiger partial charge in [-0.25, -0.2) is 0 Å². The average Bonchev–Trinajstić information content (AvgIpc) is 3.53. The number of aromatic nitrogens is 2. The fraction of sp³-hybridized carbons (Fsp3) is 0.0909. The van der Waals surface area contributed by atoms with Gasteiger partial charge in [-0.05, 0) is 54.6 Å². The quantitative estimate of drug-likeness (QED) is 0.564. The van der Waals surface area contributed by atoms with Gasteiger partial charge in [0.05, 0.1) is 6.54 Å². The molecule has 144 valence electrons. The summed E-state index contributed by atoms with van der Waals surface area (Å²) in [5.74, 6) is 1.82. The van der Waals surface area contributed by atoms with Gasteiger partial charge in [-0.2, -0.15) is 0 Å². The Morgan fingerprint density at radius 3 is 2.62 bits per heavy atom. The highest BCUT2D eigenvalue weighted by molar-refractivity contribution is 5.94. The van der Waals surface area contributed by atoms with Crippen LogP contribution in [-0.4, -0.2) is 22.4 Å². The number of fused-ring (bicyclic) bond motifs is 1. The number of hydrogen-bond donors (Lipinski definition) is 1. The summed E-state index contributed by atoms with van der Waals surface area (Å²) < 4.78 is 18.1. The topological polar surface area (TPSA) is 78.5 Å². The summed E-state index contributed by atoms with van der Waals surface area (Å²) in [4.78, 5) is 12.4. The fourth-order valence-electron chi connectivity index (χ4n) is 3.15. The van der Waals surface area contributed by atoms with Gasteiger partial charge in [0.25, 0.3) is 5.91 Å². The predicted molar refractivity (Wildman–Crippen MR) is 105 cm³/mol. The number of nitrogens with zero attached hydrogens (tertiary/aromatic N) is 2. The normalized spacial score (nSPS) is 12.1. The zero-order valence-corrected chi connectivity index (χ0v) is 15.4. The standard InChI is InChI=1S/C22H17N3O4/c26-22(15-3-6-18(7-4-15)25-9-1-2-10-25)23-13-17-12-20(29-24-17)16-5-8-19-21(11-16)28-14-27-19/h1-12H,13-14H2,(H,23,26). The van der Waals surface area contributed by atoms with Crippen LogP contribution in [0.25, 0.3) is 17.0 Å². The maximum atomic E-state index is 12.4. The van der Waals surface area contributed by atoms with E-state index in [-0.39, 0.29) is 19.2 Å². The molecular weight excluding hydrogens is 370 g/mol. The van der Waals surface area contributed by atoms with Crippen molar-refractivity contribution in [2.75, 3.05) is 6.79 Å². The minimum absolute atomic E-state index is 0.170. The number of ether oxygens (including phenoxy) is 2. The Hall–Kier alpha value is -4.00. The van der Waals surface area contributed by atoms with Gasteiger partial charge < -0.3 is 23.9 Å². The lowest BCUT2D eigenvalue weighted by atomic mass is 10.1. The summed E-state index contributed by atoms with van der Waals surface area (Å²) in [6.45, 7) is 0.491. The van der Waals surface area contributed by atoms with E-state index in [9.17, 15) is 4.79 Å². The third kappa shape index (κ3) is 3.45. The molecule has 0 spiro atoms. The highest BCUT2D eigenvalue weighted by Crippen LogP contribution is 2.36. The van der Waals surface area contributed by atoms with Gasteiger partial charge >= 0.3 is 0 Å². The molecule has 2 aromatic heterocycles. The molecule has 0 aliphatic carbocycles. The second-order valence-electron chi connectivity index (χ2n) is 6.57. The number of nitrogens with one attached hydrogen (secondary N) is 1. The lowest BCUT2D eigenvalue weighted by Crippen LogP contribution is -2.22. The van der Waals surface area contributed by atoms with Gasteiger partial charge in [0.15, 0.2) is 17.3 Å². The molecule has 7 heteroatoms. The third-order valence-corrected chi connectivity index (χ3v) is 4.68. The number of benzene rings is 2. The van der Waals surface area contributed by atoms with Crippen LogP contribution in [0.4, 0.5) is 0 Å². The molecule has 0 saturated carbocycles. The minimum Gasteiger partial charge on any atom is -0.454 e. The van der Waals surface area contributed by atoms with Crippen LogP contribution in [0.1, 0.15) is 16.1 Å². The number of carbonyl (C=O) groups excluding carboxylic acids is 1. The van der Waals surface area contributed by atoms with E-state index in [1.165, 1.54) is 0 Å². The highest BCUT2D eigenvalue weighted by atomic mass is 16.7.